The van der Waals surface area contributed by atoms with E-state index >= 15 is 0 Å². The number of aromatic nitrogens is 3. The minimum absolute atomic E-state index is 0.0275. The molecule has 1 N–H and O–H groups in total. The second-order valence-electron chi connectivity index (χ2n) is 5.40. The van der Waals surface area contributed by atoms with Gasteiger partial charge in [-0.3, -0.25) is 9.48 Å². The Balaban J connectivity index is 1.31. The molecule has 1 aromatic heterocycles. The van der Waals surface area contributed by atoms with Crippen LogP contribution in [0, 0.1) is 0 Å². The lowest BCUT2D eigenvalue weighted by atomic mass is 10.2. The van der Waals surface area contributed by atoms with Gasteiger partial charge in [-0.1, -0.05) is 12.1 Å². The first-order valence-electron chi connectivity index (χ1n) is 7.79. The molecule has 2 aromatic rings. The number of hydrogen-bond donors (Lipinski definition) is 1. The van der Waals surface area contributed by atoms with Crippen LogP contribution in [-0.4, -0.2) is 39.9 Å². The minimum Gasteiger partial charge on any atom is -0.486 e. The van der Waals surface area contributed by atoms with Crippen molar-refractivity contribution < 1.29 is 14.3 Å². The van der Waals surface area contributed by atoms with Crippen LogP contribution in [0.15, 0.2) is 36.9 Å². The van der Waals surface area contributed by atoms with E-state index in [4.69, 9.17) is 9.47 Å². The van der Waals surface area contributed by atoms with Crippen molar-refractivity contribution in [1.82, 2.24) is 20.1 Å². The highest BCUT2D eigenvalue weighted by Crippen LogP contribution is 2.31. The zero-order valence-electron chi connectivity index (χ0n) is 12.9. The predicted octanol–water partition coefficient (Wildman–Crippen LogP) is 1.40. The van der Waals surface area contributed by atoms with Crippen molar-refractivity contribution in [3.63, 3.8) is 0 Å². The van der Waals surface area contributed by atoms with Crippen LogP contribution >= 0.6 is 0 Å². The Bertz CT molecular complexity index is 630. The van der Waals surface area contributed by atoms with Gasteiger partial charge in [0.15, 0.2) is 11.5 Å². The summed E-state index contributed by atoms with van der Waals surface area (Å²) >= 11 is 0. The summed E-state index contributed by atoms with van der Waals surface area (Å²) in [5.41, 5.74) is 0. The molecule has 1 atom stereocenters. The van der Waals surface area contributed by atoms with Gasteiger partial charge in [0.1, 0.15) is 25.4 Å². The molecule has 0 unspecified atom stereocenters. The summed E-state index contributed by atoms with van der Waals surface area (Å²) < 4.78 is 13.2. The lowest BCUT2D eigenvalue weighted by Crippen LogP contribution is -2.34. The monoisotopic (exact) mass is 316 g/mol. The van der Waals surface area contributed by atoms with Gasteiger partial charge >= 0.3 is 0 Å². The molecular weight excluding hydrogens is 296 g/mol. The average Bonchev–Trinajstić information content (AvgIpc) is 3.08. The maximum Gasteiger partial charge on any atom is 0.220 e. The number of ether oxygens (including phenoxy) is 2. The Morgan fingerprint density at radius 1 is 1.35 bits per heavy atom. The van der Waals surface area contributed by atoms with Gasteiger partial charge in [0.2, 0.25) is 5.91 Å². The molecule has 7 nitrogen and oxygen atoms in total. The molecule has 0 saturated carbocycles. The number of para-hydroxylation sites is 2. The van der Waals surface area contributed by atoms with Crippen LogP contribution in [0.1, 0.15) is 19.3 Å². The van der Waals surface area contributed by atoms with Crippen LogP contribution in [0.5, 0.6) is 11.5 Å². The van der Waals surface area contributed by atoms with E-state index in [2.05, 4.69) is 15.4 Å². The first-order valence-corrected chi connectivity index (χ1v) is 7.79. The second-order valence-corrected chi connectivity index (χ2v) is 5.40. The van der Waals surface area contributed by atoms with Crippen molar-refractivity contribution in [2.75, 3.05) is 13.2 Å². The minimum atomic E-state index is -0.0275. The fraction of sp³-hybridized carbons (Fsp3) is 0.438. The standard InChI is InChI=1S/C16H20N4O3/c21-16(6-3-9-20-12-17-11-19-20)18-8-7-13-10-22-14-4-1-2-5-15(14)23-13/h1-2,4-5,11-13H,3,6-10H2,(H,18,21)/t13-/m1/s1. The van der Waals surface area contributed by atoms with Crippen LogP contribution < -0.4 is 14.8 Å². The molecule has 1 aliphatic heterocycles. The highest BCUT2D eigenvalue weighted by atomic mass is 16.6. The van der Waals surface area contributed by atoms with Crippen LogP contribution in [0.4, 0.5) is 0 Å². The van der Waals surface area contributed by atoms with E-state index in [1.165, 1.54) is 6.33 Å². The molecule has 0 spiro atoms. The van der Waals surface area contributed by atoms with Crippen LogP contribution in [-0.2, 0) is 11.3 Å². The molecule has 7 heteroatoms. The topological polar surface area (TPSA) is 78.3 Å². The number of benzene rings is 1. The fourth-order valence-electron chi connectivity index (χ4n) is 2.42. The lowest BCUT2D eigenvalue weighted by Gasteiger charge is -2.26. The number of hydrogen-bond acceptors (Lipinski definition) is 5. The molecule has 3 rings (SSSR count). The lowest BCUT2D eigenvalue weighted by molar-refractivity contribution is -0.121. The second kappa shape index (κ2) is 7.62. The molecule has 23 heavy (non-hydrogen) atoms. The van der Waals surface area contributed by atoms with Gasteiger partial charge < -0.3 is 14.8 Å². The van der Waals surface area contributed by atoms with Crippen LogP contribution in [0.3, 0.4) is 0 Å². The molecular formula is C16H20N4O3. The maximum absolute atomic E-state index is 11.8. The average molecular weight is 316 g/mol. The molecule has 1 aromatic carbocycles. The molecule has 0 saturated heterocycles. The Morgan fingerprint density at radius 2 is 2.22 bits per heavy atom. The Hall–Kier alpha value is -2.57. The molecule has 1 aliphatic rings. The van der Waals surface area contributed by atoms with E-state index in [1.807, 2.05) is 24.3 Å². The third-order valence-corrected chi connectivity index (χ3v) is 3.61. The van der Waals surface area contributed by atoms with E-state index in [-0.39, 0.29) is 12.0 Å². The Morgan fingerprint density at radius 3 is 3.04 bits per heavy atom. The van der Waals surface area contributed by atoms with Gasteiger partial charge in [-0.05, 0) is 18.6 Å². The molecule has 122 valence electrons. The van der Waals surface area contributed by atoms with Crippen molar-refractivity contribution in [3.8, 4) is 11.5 Å². The van der Waals surface area contributed by atoms with Crippen molar-refractivity contribution in [3.05, 3.63) is 36.9 Å². The number of fused-ring (bicyclic) bond motifs is 1. The van der Waals surface area contributed by atoms with E-state index in [0.29, 0.717) is 26.1 Å². The maximum atomic E-state index is 11.8. The quantitative estimate of drug-likeness (QED) is 0.835. The zero-order chi connectivity index (χ0) is 15.9. The summed E-state index contributed by atoms with van der Waals surface area (Å²) in [5, 5.41) is 6.91. The smallest absolute Gasteiger partial charge is 0.220 e. The van der Waals surface area contributed by atoms with Gasteiger partial charge in [0, 0.05) is 25.9 Å². The van der Waals surface area contributed by atoms with Crippen LogP contribution in [0.25, 0.3) is 0 Å². The van der Waals surface area contributed by atoms with Crippen molar-refractivity contribution >= 4 is 5.91 Å². The molecule has 0 aliphatic carbocycles. The largest absolute Gasteiger partial charge is 0.486 e. The number of carbonyl (C=O) groups excluding carboxylic acids is 1. The van der Waals surface area contributed by atoms with E-state index in [9.17, 15) is 4.79 Å². The number of nitrogens with one attached hydrogen (secondary N) is 1. The predicted molar refractivity (Wildman–Crippen MR) is 83.2 cm³/mol. The number of nitrogens with zero attached hydrogens (tertiary/aromatic N) is 3. The number of amides is 1. The summed E-state index contributed by atoms with van der Waals surface area (Å²) in [5.74, 6) is 1.59. The first-order chi connectivity index (χ1) is 11.3. The molecule has 0 fully saturated rings. The molecule has 0 bridgehead atoms. The van der Waals surface area contributed by atoms with Gasteiger partial charge in [-0.2, -0.15) is 5.10 Å². The van der Waals surface area contributed by atoms with Crippen molar-refractivity contribution in [2.24, 2.45) is 0 Å². The van der Waals surface area contributed by atoms with Gasteiger partial charge in [-0.25, -0.2) is 4.98 Å². The summed E-state index contributed by atoms with van der Waals surface area (Å²) in [6, 6.07) is 7.62. The summed E-state index contributed by atoms with van der Waals surface area (Å²) in [6.45, 7) is 1.79. The van der Waals surface area contributed by atoms with Crippen molar-refractivity contribution in [1.29, 1.82) is 0 Å². The van der Waals surface area contributed by atoms with Crippen molar-refractivity contribution in [2.45, 2.75) is 31.9 Å². The third kappa shape index (κ3) is 4.45. The first kappa shape index (κ1) is 15.3. The van der Waals surface area contributed by atoms with E-state index in [0.717, 1.165) is 24.3 Å². The molecule has 1 amide bonds. The Kier molecular flexibility index (Phi) is 5.08. The van der Waals surface area contributed by atoms with Crippen LogP contribution in [0.2, 0.25) is 0 Å². The molecule has 0 radical (unpaired) electrons. The summed E-state index contributed by atoms with van der Waals surface area (Å²) in [6.07, 6.45) is 5.06. The molecule has 2 heterocycles. The highest BCUT2D eigenvalue weighted by molar-refractivity contribution is 5.75. The number of rotatable bonds is 7. The van der Waals surface area contributed by atoms with E-state index in [1.54, 1.807) is 11.0 Å². The zero-order valence-corrected chi connectivity index (χ0v) is 12.9. The third-order valence-electron chi connectivity index (χ3n) is 3.61. The summed E-state index contributed by atoms with van der Waals surface area (Å²) in [4.78, 5) is 15.6. The van der Waals surface area contributed by atoms with E-state index < -0.39 is 0 Å². The Labute approximate surface area is 134 Å². The number of aryl methyl sites for hydroxylation is 1. The number of carbonyl (C=O) groups is 1. The normalized spacial score (nSPS) is 16.1. The summed E-state index contributed by atoms with van der Waals surface area (Å²) in [7, 11) is 0. The van der Waals surface area contributed by atoms with Gasteiger partial charge in [0.05, 0.1) is 0 Å². The van der Waals surface area contributed by atoms with Gasteiger partial charge in [0.25, 0.3) is 0 Å². The highest BCUT2D eigenvalue weighted by Gasteiger charge is 2.20. The fourth-order valence-corrected chi connectivity index (χ4v) is 2.42. The van der Waals surface area contributed by atoms with Gasteiger partial charge in [-0.15, -0.1) is 0 Å². The SMILES string of the molecule is O=C(CCCn1cncn1)NCC[C@@H]1COc2ccccc2O1.